The van der Waals surface area contributed by atoms with Crippen LogP contribution in [0, 0.1) is 0 Å². The fourth-order valence-corrected chi connectivity index (χ4v) is 13.2. The van der Waals surface area contributed by atoms with Crippen LogP contribution in [-0.2, 0) is 43.5 Å². The van der Waals surface area contributed by atoms with E-state index in [1.54, 1.807) is 0 Å². The summed E-state index contributed by atoms with van der Waals surface area (Å²) in [6, 6.07) is 16.7. The minimum absolute atomic E-state index is 0.00890. The third-order valence-electron chi connectivity index (χ3n) is 6.10. The summed E-state index contributed by atoms with van der Waals surface area (Å²) in [5.74, 6) is -0.170. The molecule has 0 amide bonds. The van der Waals surface area contributed by atoms with Gasteiger partial charge in [0.05, 0.1) is 0 Å². The van der Waals surface area contributed by atoms with Crippen molar-refractivity contribution >= 4 is 5.97 Å². The topological polar surface area (TPSA) is 46.5 Å². The van der Waals surface area contributed by atoms with Gasteiger partial charge in [0.25, 0.3) is 0 Å². The fourth-order valence-electron chi connectivity index (χ4n) is 5.05. The van der Waals surface area contributed by atoms with E-state index in [-0.39, 0.29) is 20.7 Å². The van der Waals surface area contributed by atoms with Crippen molar-refractivity contribution in [3.05, 3.63) is 70.8 Å². The zero-order chi connectivity index (χ0) is 17.1. The molecule has 2 bridgehead atoms. The Morgan fingerprint density at radius 3 is 2.29 bits per heavy atom. The normalized spacial score (nSPS) is 32.5. The molecule has 4 unspecified atom stereocenters. The Balaban J connectivity index is 2.00. The van der Waals surface area contributed by atoms with Gasteiger partial charge in [-0.3, -0.25) is 0 Å². The van der Waals surface area contributed by atoms with Crippen LogP contribution in [0.1, 0.15) is 48.9 Å². The summed E-state index contributed by atoms with van der Waals surface area (Å²) in [4.78, 5) is 11.5. The number of carbonyl (C=O) groups excluding carboxylic acids is 1. The van der Waals surface area contributed by atoms with Gasteiger partial charge in [0.1, 0.15) is 0 Å². The van der Waals surface area contributed by atoms with Gasteiger partial charge in [0, 0.05) is 0 Å². The van der Waals surface area contributed by atoms with Crippen LogP contribution < -0.4 is 0 Å². The fraction of sp³-hybridized carbons (Fsp3) is 0.350. The van der Waals surface area contributed by atoms with Gasteiger partial charge >= 0.3 is 155 Å². The molecular formula is C20H20HgO3. The van der Waals surface area contributed by atoms with Crippen molar-refractivity contribution in [3.63, 3.8) is 0 Å². The number of carbonyl (C=O) groups is 1. The predicted molar refractivity (Wildman–Crippen MR) is 87.2 cm³/mol. The summed E-state index contributed by atoms with van der Waals surface area (Å²) in [7, 11) is 0. The molecule has 2 aromatic rings. The van der Waals surface area contributed by atoms with Crippen LogP contribution in [0.4, 0.5) is 0 Å². The molecule has 0 fully saturated rings. The van der Waals surface area contributed by atoms with Gasteiger partial charge in [-0.25, -0.2) is 0 Å². The Morgan fingerprint density at radius 1 is 1.04 bits per heavy atom. The van der Waals surface area contributed by atoms with Crippen molar-refractivity contribution in [2.75, 3.05) is 0 Å². The zero-order valence-electron chi connectivity index (χ0n) is 14.2. The molecule has 3 nitrogen and oxygen atoms in total. The molecule has 4 rings (SSSR count). The third-order valence-corrected chi connectivity index (χ3v) is 14.7. The molecule has 120 valence electrons. The Bertz CT molecular complexity index is 829. The molecule has 0 aromatic heterocycles. The van der Waals surface area contributed by atoms with Gasteiger partial charge in [-0.05, 0) is 0 Å². The standard InChI is InChI=1S/C18H17O.C2H4O2.Hg/c1-17-11-16(12-7-3-4-8-13(12)17)18(2,19)15-10-6-5-9-14(15)17;1-2(3)4;/h3-11,16,19H,1-2H3;1H3,(H,3,4);/q;;+1/p-1. The maximum absolute atomic E-state index is 11.5. The second kappa shape index (κ2) is 5.40. The zero-order valence-corrected chi connectivity index (χ0v) is 19.7. The van der Waals surface area contributed by atoms with E-state index in [9.17, 15) is 9.90 Å². The summed E-state index contributed by atoms with van der Waals surface area (Å²) in [5, 5.41) is 11.5. The van der Waals surface area contributed by atoms with Crippen molar-refractivity contribution in [1.82, 2.24) is 0 Å². The van der Waals surface area contributed by atoms with Crippen LogP contribution in [0.15, 0.2) is 48.5 Å². The monoisotopic (exact) mass is 510 g/mol. The van der Waals surface area contributed by atoms with Crippen molar-refractivity contribution in [2.24, 2.45) is 0 Å². The first-order chi connectivity index (χ1) is 11.4. The summed E-state index contributed by atoms with van der Waals surface area (Å²) >= 11 is -2.03. The van der Waals surface area contributed by atoms with Crippen molar-refractivity contribution in [3.8, 4) is 0 Å². The molecule has 0 saturated heterocycles. The van der Waals surface area contributed by atoms with E-state index in [4.69, 9.17) is 2.64 Å². The predicted octanol–water partition coefficient (Wildman–Crippen LogP) is 3.66. The van der Waals surface area contributed by atoms with E-state index in [1.165, 1.54) is 23.6 Å². The molecule has 1 N–H and O–H groups in total. The summed E-state index contributed by atoms with van der Waals surface area (Å²) in [6.07, 6.45) is 0. The Hall–Kier alpha value is -1.19. The minimum atomic E-state index is -2.03. The molecule has 4 atom stereocenters. The second-order valence-corrected chi connectivity index (χ2v) is 13.2. The van der Waals surface area contributed by atoms with Crippen molar-refractivity contribution in [2.45, 2.75) is 41.1 Å². The quantitative estimate of drug-likeness (QED) is 0.630. The SMILES string of the molecule is CC(=O)[O][Hg][CH]1C2c3ccccc3C1(C)c1ccccc1C2(C)O. The van der Waals surface area contributed by atoms with E-state index in [1.807, 2.05) is 31.2 Å². The van der Waals surface area contributed by atoms with Crippen LogP contribution in [0.25, 0.3) is 0 Å². The van der Waals surface area contributed by atoms with Gasteiger partial charge in [-0.1, -0.05) is 0 Å². The van der Waals surface area contributed by atoms with Gasteiger partial charge < -0.3 is 0 Å². The maximum atomic E-state index is 11.5. The molecule has 2 aliphatic rings. The van der Waals surface area contributed by atoms with Gasteiger partial charge in [0.2, 0.25) is 0 Å². The molecule has 2 aromatic carbocycles. The van der Waals surface area contributed by atoms with Crippen molar-refractivity contribution in [1.29, 1.82) is 0 Å². The van der Waals surface area contributed by atoms with Crippen LogP contribution in [0.2, 0.25) is 3.43 Å². The number of rotatable bonds is 2. The number of hydrogen-bond donors (Lipinski definition) is 1. The van der Waals surface area contributed by atoms with Gasteiger partial charge in [0.15, 0.2) is 0 Å². The Morgan fingerprint density at radius 2 is 1.62 bits per heavy atom. The number of hydrogen-bond acceptors (Lipinski definition) is 3. The first kappa shape index (κ1) is 16.3. The average Bonchev–Trinajstić information content (AvgIpc) is 2.80. The van der Waals surface area contributed by atoms with Crippen molar-refractivity contribution < 1.29 is 37.6 Å². The molecule has 4 heteroatoms. The summed E-state index contributed by atoms with van der Waals surface area (Å²) in [5.41, 5.74) is 3.61. The molecular weight excluding hydrogens is 489 g/mol. The van der Waals surface area contributed by atoms with E-state index < -0.39 is 30.6 Å². The number of aliphatic hydroxyl groups is 1. The first-order valence-electron chi connectivity index (χ1n) is 8.43. The summed E-state index contributed by atoms with van der Waals surface area (Å²) in [6.45, 7) is 5.69. The van der Waals surface area contributed by atoms with E-state index in [0.717, 1.165) is 5.56 Å². The molecule has 0 saturated carbocycles. The first-order valence-corrected chi connectivity index (χ1v) is 13.9. The molecule has 0 spiro atoms. The summed E-state index contributed by atoms with van der Waals surface area (Å²) < 4.78 is 5.88. The van der Waals surface area contributed by atoms with Crippen LogP contribution in [0.5, 0.6) is 0 Å². The van der Waals surface area contributed by atoms with Crippen LogP contribution >= 0.6 is 0 Å². The molecule has 2 aliphatic carbocycles. The van der Waals surface area contributed by atoms with Gasteiger partial charge in [-0.2, -0.15) is 0 Å². The Labute approximate surface area is 155 Å². The number of benzene rings is 2. The third kappa shape index (κ3) is 2.00. The van der Waals surface area contributed by atoms with Gasteiger partial charge in [-0.15, -0.1) is 0 Å². The van der Waals surface area contributed by atoms with E-state index >= 15 is 0 Å². The van der Waals surface area contributed by atoms with E-state index in [0.29, 0.717) is 0 Å². The molecule has 0 heterocycles. The van der Waals surface area contributed by atoms with Crippen LogP contribution in [0.3, 0.4) is 0 Å². The van der Waals surface area contributed by atoms with Crippen LogP contribution in [-0.4, -0.2) is 11.1 Å². The van der Waals surface area contributed by atoms with E-state index in [2.05, 4.69) is 31.2 Å². The number of fused-ring (bicyclic) bond motifs is 7. The molecule has 0 radical (unpaired) electrons. The molecule has 0 aliphatic heterocycles. The average molecular weight is 509 g/mol. The molecule has 24 heavy (non-hydrogen) atoms. The second-order valence-electron chi connectivity index (χ2n) is 7.37. The Kier molecular flexibility index (Phi) is 3.66.